The number of aromatic nitrogens is 2. The molecule has 0 aliphatic carbocycles. The summed E-state index contributed by atoms with van der Waals surface area (Å²) in [5.74, 6) is -0.347. The van der Waals surface area contributed by atoms with Crippen molar-refractivity contribution < 1.29 is 4.79 Å². The summed E-state index contributed by atoms with van der Waals surface area (Å²) in [6.07, 6.45) is 11.1. The van der Waals surface area contributed by atoms with Crippen LogP contribution in [-0.4, -0.2) is 27.2 Å². The summed E-state index contributed by atoms with van der Waals surface area (Å²) in [6.45, 7) is 8.06. The summed E-state index contributed by atoms with van der Waals surface area (Å²) < 4.78 is 1.64. The highest BCUT2D eigenvalue weighted by Crippen LogP contribution is 2.20. The van der Waals surface area contributed by atoms with Crippen LogP contribution in [0.5, 0.6) is 0 Å². The lowest BCUT2D eigenvalue weighted by atomic mass is 10.0. The standard InChI is InChI=1S/C29H30ClN5O2/c1-4-21(9-8-19(2)18-35-12-6-5-7-27(35)36)13-22-14-23(17-33-16-22)29(37)34-20(3)28(32)25-15-24(30)10-11-26(25)31/h4-12,14-17,20,32H,1,13,18,31H2,2-3H3,(H,34,37)/b19-8+,21-9+,32-28?. The highest BCUT2D eigenvalue weighted by atomic mass is 35.5. The second-order valence-electron chi connectivity index (χ2n) is 8.72. The monoisotopic (exact) mass is 515 g/mol. The number of amides is 1. The van der Waals surface area contributed by atoms with Crippen molar-refractivity contribution in [3.8, 4) is 0 Å². The van der Waals surface area contributed by atoms with Crippen LogP contribution < -0.4 is 16.6 Å². The maximum atomic E-state index is 12.9. The van der Waals surface area contributed by atoms with E-state index in [1.54, 1.807) is 60.3 Å². The van der Waals surface area contributed by atoms with Crippen molar-refractivity contribution in [1.29, 1.82) is 5.41 Å². The minimum absolute atomic E-state index is 0.0511. The number of rotatable bonds is 10. The molecule has 1 unspecified atom stereocenters. The number of pyridine rings is 2. The van der Waals surface area contributed by atoms with Gasteiger partial charge in [0.2, 0.25) is 0 Å². The molecule has 4 N–H and O–H groups in total. The van der Waals surface area contributed by atoms with Crippen LogP contribution in [-0.2, 0) is 13.0 Å². The fourth-order valence-corrected chi connectivity index (χ4v) is 3.82. The van der Waals surface area contributed by atoms with Gasteiger partial charge in [0.15, 0.2) is 0 Å². The molecule has 37 heavy (non-hydrogen) atoms. The Kier molecular flexibility index (Phi) is 9.35. The Morgan fingerprint density at radius 3 is 2.76 bits per heavy atom. The van der Waals surface area contributed by atoms with Crippen molar-refractivity contribution in [3.05, 3.63) is 129 Å². The molecule has 2 aromatic heterocycles. The van der Waals surface area contributed by atoms with Crippen LogP contribution in [0.1, 0.15) is 35.3 Å². The molecule has 7 nitrogen and oxygen atoms in total. The average Bonchev–Trinajstić information content (AvgIpc) is 2.89. The maximum Gasteiger partial charge on any atom is 0.253 e. The van der Waals surface area contributed by atoms with E-state index in [0.29, 0.717) is 34.8 Å². The highest BCUT2D eigenvalue weighted by Gasteiger charge is 2.18. The van der Waals surface area contributed by atoms with Crippen molar-refractivity contribution in [2.45, 2.75) is 32.9 Å². The van der Waals surface area contributed by atoms with E-state index in [0.717, 1.165) is 16.7 Å². The van der Waals surface area contributed by atoms with E-state index in [1.807, 2.05) is 25.1 Å². The summed E-state index contributed by atoms with van der Waals surface area (Å²) in [6, 6.07) is 11.2. The molecule has 1 atom stereocenters. The fourth-order valence-electron chi connectivity index (χ4n) is 3.65. The first kappa shape index (κ1) is 27.4. The number of hydrogen-bond acceptors (Lipinski definition) is 5. The van der Waals surface area contributed by atoms with Crippen LogP contribution >= 0.6 is 11.6 Å². The van der Waals surface area contributed by atoms with Crippen molar-refractivity contribution in [3.63, 3.8) is 0 Å². The molecule has 8 heteroatoms. The van der Waals surface area contributed by atoms with Gasteiger partial charge in [-0.3, -0.25) is 14.6 Å². The van der Waals surface area contributed by atoms with Gasteiger partial charge in [0.05, 0.1) is 17.3 Å². The van der Waals surface area contributed by atoms with Gasteiger partial charge in [-0.2, -0.15) is 0 Å². The third-order valence-corrected chi connectivity index (χ3v) is 5.95. The molecule has 0 aliphatic rings. The van der Waals surface area contributed by atoms with Crippen molar-refractivity contribution >= 4 is 28.9 Å². The molecular formula is C29H30ClN5O2. The molecule has 1 amide bonds. The van der Waals surface area contributed by atoms with Crippen molar-refractivity contribution in [2.75, 3.05) is 5.73 Å². The van der Waals surface area contributed by atoms with Gasteiger partial charge in [-0.25, -0.2) is 0 Å². The number of carbonyl (C=O) groups is 1. The van der Waals surface area contributed by atoms with Gasteiger partial charge in [0, 0.05) is 47.5 Å². The lowest BCUT2D eigenvalue weighted by Crippen LogP contribution is -2.39. The Bertz CT molecular complexity index is 1440. The molecule has 0 bridgehead atoms. The lowest BCUT2D eigenvalue weighted by Gasteiger charge is -2.17. The van der Waals surface area contributed by atoms with Gasteiger partial charge >= 0.3 is 0 Å². The minimum atomic E-state index is -0.592. The van der Waals surface area contributed by atoms with E-state index in [4.69, 9.17) is 22.7 Å². The van der Waals surface area contributed by atoms with Gasteiger partial charge in [-0.15, -0.1) is 0 Å². The Morgan fingerprint density at radius 2 is 2.03 bits per heavy atom. The molecular weight excluding hydrogens is 486 g/mol. The molecule has 0 aliphatic heterocycles. The van der Waals surface area contributed by atoms with Crippen LogP contribution in [0.3, 0.4) is 0 Å². The van der Waals surface area contributed by atoms with E-state index in [1.165, 1.54) is 12.3 Å². The predicted molar refractivity (Wildman–Crippen MR) is 150 cm³/mol. The average molecular weight is 516 g/mol. The number of hydrogen-bond donors (Lipinski definition) is 3. The number of halogens is 1. The predicted octanol–water partition coefficient (Wildman–Crippen LogP) is 4.97. The van der Waals surface area contributed by atoms with E-state index < -0.39 is 6.04 Å². The normalized spacial score (nSPS) is 12.6. The fraction of sp³-hybridized carbons (Fsp3) is 0.172. The first-order valence-electron chi connectivity index (χ1n) is 11.7. The zero-order valence-corrected chi connectivity index (χ0v) is 21.6. The number of carbonyl (C=O) groups excluding carboxylic acids is 1. The summed E-state index contributed by atoms with van der Waals surface area (Å²) in [7, 11) is 0. The number of benzene rings is 1. The quantitative estimate of drug-likeness (QED) is 0.201. The first-order valence-corrected chi connectivity index (χ1v) is 12.1. The minimum Gasteiger partial charge on any atom is -0.398 e. The number of anilines is 1. The van der Waals surface area contributed by atoms with Gasteiger partial charge in [0.1, 0.15) is 0 Å². The SMILES string of the molecule is C=C/C(=C\C=C(/C)Cn1ccccc1=O)Cc1cncc(C(=O)NC(C)C(=N)c2cc(Cl)ccc2N)c1. The number of nitrogens with zero attached hydrogens (tertiary/aromatic N) is 2. The number of nitrogens with one attached hydrogen (secondary N) is 2. The van der Waals surface area contributed by atoms with E-state index in [2.05, 4.69) is 16.9 Å². The smallest absolute Gasteiger partial charge is 0.253 e. The molecule has 0 radical (unpaired) electrons. The number of nitrogens with two attached hydrogens (primary N) is 1. The third kappa shape index (κ3) is 7.62. The zero-order chi connectivity index (χ0) is 26.9. The molecule has 190 valence electrons. The summed E-state index contributed by atoms with van der Waals surface area (Å²) in [5, 5.41) is 11.7. The second-order valence-corrected chi connectivity index (χ2v) is 9.16. The number of nitrogen functional groups attached to an aromatic ring is 1. The lowest BCUT2D eigenvalue weighted by molar-refractivity contribution is 0.0948. The molecule has 0 fully saturated rings. The molecule has 3 aromatic rings. The van der Waals surface area contributed by atoms with E-state index in [9.17, 15) is 9.59 Å². The van der Waals surface area contributed by atoms with E-state index in [-0.39, 0.29) is 17.2 Å². The van der Waals surface area contributed by atoms with Crippen molar-refractivity contribution in [2.24, 2.45) is 0 Å². The Morgan fingerprint density at radius 1 is 1.24 bits per heavy atom. The first-order chi connectivity index (χ1) is 17.7. The highest BCUT2D eigenvalue weighted by molar-refractivity contribution is 6.31. The van der Waals surface area contributed by atoms with Crippen LogP contribution in [0.25, 0.3) is 0 Å². The van der Waals surface area contributed by atoms with Crippen LogP contribution in [0.15, 0.2) is 102 Å². The summed E-state index contributed by atoms with van der Waals surface area (Å²) in [5.41, 5.74) is 10.2. The van der Waals surface area contributed by atoms with Crippen molar-refractivity contribution in [1.82, 2.24) is 14.9 Å². The van der Waals surface area contributed by atoms with Crippen LogP contribution in [0.2, 0.25) is 5.02 Å². The number of allylic oxidation sites excluding steroid dienone is 5. The van der Waals surface area contributed by atoms with Crippen LogP contribution in [0, 0.1) is 5.41 Å². The maximum absolute atomic E-state index is 12.9. The summed E-state index contributed by atoms with van der Waals surface area (Å²) in [4.78, 5) is 29.0. The topological polar surface area (TPSA) is 114 Å². The molecule has 0 saturated heterocycles. The van der Waals surface area contributed by atoms with Gasteiger partial charge < -0.3 is 21.0 Å². The van der Waals surface area contributed by atoms with Crippen LogP contribution in [0.4, 0.5) is 5.69 Å². The molecule has 0 saturated carbocycles. The zero-order valence-electron chi connectivity index (χ0n) is 20.9. The van der Waals surface area contributed by atoms with Gasteiger partial charge in [-0.05, 0) is 61.7 Å². The Hall–Kier alpha value is -4.23. The molecule has 2 heterocycles. The third-order valence-electron chi connectivity index (χ3n) is 5.71. The van der Waals surface area contributed by atoms with Gasteiger partial charge in [0.25, 0.3) is 11.5 Å². The molecule has 0 spiro atoms. The molecule has 1 aromatic carbocycles. The van der Waals surface area contributed by atoms with E-state index >= 15 is 0 Å². The van der Waals surface area contributed by atoms with Gasteiger partial charge in [-0.1, -0.05) is 48.0 Å². The second kappa shape index (κ2) is 12.6. The molecule has 3 rings (SSSR count). The summed E-state index contributed by atoms with van der Waals surface area (Å²) >= 11 is 6.04. The Balaban J connectivity index is 1.68. The Labute approximate surface area is 221 Å². The largest absolute Gasteiger partial charge is 0.398 e.